The molecular weight excluding hydrogens is 270 g/mol. The molecule has 0 aliphatic heterocycles. The van der Waals surface area contributed by atoms with Crippen molar-refractivity contribution in [2.45, 2.75) is 27.7 Å². The van der Waals surface area contributed by atoms with Crippen molar-refractivity contribution < 1.29 is 0 Å². The molecule has 3 nitrogen and oxygen atoms in total. The molecule has 0 N–H and O–H groups in total. The first-order valence-electron chi connectivity index (χ1n) is 7.39. The molecule has 1 heterocycles. The van der Waals surface area contributed by atoms with Crippen LogP contribution in [0.4, 0.5) is 0 Å². The van der Waals surface area contributed by atoms with Crippen LogP contribution in [0.25, 0.3) is 22.8 Å². The van der Waals surface area contributed by atoms with Gasteiger partial charge in [-0.3, -0.25) is 0 Å². The Kier molecular flexibility index (Phi) is 3.72. The zero-order valence-electron chi connectivity index (χ0n) is 13.4. The number of aromatic nitrogens is 3. The van der Waals surface area contributed by atoms with E-state index in [1.165, 1.54) is 22.3 Å². The Morgan fingerprint density at radius 3 is 1.45 bits per heavy atom. The highest BCUT2D eigenvalue weighted by Gasteiger charge is 2.07. The van der Waals surface area contributed by atoms with E-state index in [1.807, 2.05) is 0 Å². The molecule has 0 aliphatic carbocycles. The quantitative estimate of drug-likeness (QED) is 0.700. The van der Waals surface area contributed by atoms with Crippen molar-refractivity contribution in [3.63, 3.8) is 0 Å². The van der Waals surface area contributed by atoms with E-state index in [0.717, 1.165) is 11.1 Å². The summed E-state index contributed by atoms with van der Waals surface area (Å²) in [4.78, 5) is 13.3. The van der Waals surface area contributed by atoms with E-state index in [0.29, 0.717) is 11.6 Å². The van der Waals surface area contributed by atoms with Crippen LogP contribution in [0.15, 0.2) is 42.7 Å². The second-order valence-electron chi connectivity index (χ2n) is 5.73. The topological polar surface area (TPSA) is 38.7 Å². The van der Waals surface area contributed by atoms with Gasteiger partial charge in [-0.25, -0.2) is 15.0 Å². The van der Waals surface area contributed by atoms with Crippen molar-refractivity contribution in [1.82, 2.24) is 15.0 Å². The molecule has 0 atom stereocenters. The summed E-state index contributed by atoms with van der Waals surface area (Å²) in [5.41, 5.74) is 7.07. The highest BCUT2D eigenvalue weighted by Crippen LogP contribution is 2.22. The van der Waals surface area contributed by atoms with Crippen LogP contribution in [-0.4, -0.2) is 15.0 Å². The maximum atomic E-state index is 4.63. The lowest BCUT2D eigenvalue weighted by atomic mass is 10.1. The summed E-state index contributed by atoms with van der Waals surface area (Å²) < 4.78 is 0. The van der Waals surface area contributed by atoms with Gasteiger partial charge in [-0.15, -0.1) is 0 Å². The number of hydrogen-bond donors (Lipinski definition) is 0. The molecule has 0 unspecified atom stereocenters. The molecule has 0 saturated carbocycles. The largest absolute Gasteiger partial charge is 0.217 e. The molecule has 3 rings (SSSR count). The number of hydrogen-bond acceptors (Lipinski definition) is 3. The Morgan fingerprint density at radius 2 is 1.05 bits per heavy atom. The Morgan fingerprint density at radius 1 is 0.591 bits per heavy atom. The number of nitrogens with zero attached hydrogens (tertiary/aromatic N) is 3. The molecule has 0 saturated heterocycles. The van der Waals surface area contributed by atoms with Crippen molar-refractivity contribution in [2.24, 2.45) is 0 Å². The first kappa shape index (κ1) is 14.4. The summed E-state index contributed by atoms with van der Waals surface area (Å²) in [6.07, 6.45) is 1.59. The Hall–Kier alpha value is -2.55. The van der Waals surface area contributed by atoms with E-state index in [4.69, 9.17) is 0 Å². The molecule has 2 aromatic carbocycles. The van der Waals surface area contributed by atoms with Gasteiger partial charge < -0.3 is 0 Å². The first-order valence-corrected chi connectivity index (χ1v) is 7.39. The van der Waals surface area contributed by atoms with Gasteiger partial charge in [-0.1, -0.05) is 24.3 Å². The Balaban J connectivity index is 2.05. The summed E-state index contributed by atoms with van der Waals surface area (Å²) in [7, 11) is 0. The van der Waals surface area contributed by atoms with Gasteiger partial charge in [0.25, 0.3) is 0 Å². The van der Waals surface area contributed by atoms with E-state index in [-0.39, 0.29) is 0 Å². The third kappa shape index (κ3) is 2.75. The van der Waals surface area contributed by atoms with Gasteiger partial charge in [0, 0.05) is 11.1 Å². The fourth-order valence-corrected chi connectivity index (χ4v) is 2.34. The monoisotopic (exact) mass is 289 g/mol. The minimum Gasteiger partial charge on any atom is -0.217 e. The second-order valence-corrected chi connectivity index (χ2v) is 5.73. The minimum atomic E-state index is 0.714. The smallest absolute Gasteiger partial charge is 0.163 e. The molecule has 0 fully saturated rings. The van der Waals surface area contributed by atoms with E-state index in [1.54, 1.807) is 6.33 Å². The lowest BCUT2D eigenvalue weighted by molar-refractivity contribution is 1.06. The molecular formula is C19H19N3. The van der Waals surface area contributed by atoms with Gasteiger partial charge in [-0.2, -0.15) is 0 Å². The van der Waals surface area contributed by atoms with Crippen LogP contribution >= 0.6 is 0 Å². The number of rotatable bonds is 2. The van der Waals surface area contributed by atoms with Crippen LogP contribution in [0.1, 0.15) is 22.3 Å². The summed E-state index contributed by atoms with van der Waals surface area (Å²) in [6, 6.07) is 12.6. The van der Waals surface area contributed by atoms with Gasteiger partial charge in [0.1, 0.15) is 6.33 Å². The number of aryl methyl sites for hydroxylation is 4. The SMILES string of the molecule is Cc1ccc(-c2ncnc(-c3ccc(C)c(C)c3)n2)cc1C. The van der Waals surface area contributed by atoms with Gasteiger partial charge in [0.15, 0.2) is 11.6 Å². The van der Waals surface area contributed by atoms with Crippen LogP contribution in [-0.2, 0) is 0 Å². The average molecular weight is 289 g/mol. The summed E-state index contributed by atoms with van der Waals surface area (Å²) in [6.45, 7) is 8.41. The van der Waals surface area contributed by atoms with Crippen molar-refractivity contribution in [3.8, 4) is 22.8 Å². The summed E-state index contributed by atoms with van der Waals surface area (Å²) >= 11 is 0. The maximum Gasteiger partial charge on any atom is 0.163 e. The van der Waals surface area contributed by atoms with Crippen molar-refractivity contribution in [1.29, 1.82) is 0 Å². The normalized spacial score (nSPS) is 10.7. The maximum absolute atomic E-state index is 4.63. The lowest BCUT2D eigenvalue weighted by Crippen LogP contribution is -1.96. The van der Waals surface area contributed by atoms with Gasteiger partial charge in [0.2, 0.25) is 0 Å². The molecule has 0 amide bonds. The van der Waals surface area contributed by atoms with Crippen LogP contribution in [0.5, 0.6) is 0 Å². The van der Waals surface area contributed by atoms with Crippen LogP contribution in [0.3, 0.4) is 0 Å². The fourth-order valence-electron chi connectivity index (χ4n) is 2.34. The molecule has 110 valence electrons. The third-order valence-electron chi connectivity index (χ3n) is 4.10. The average Bonchev–Trinajstić information content (AvgIpc) is 2.53. The predicted octanol–water partition coefficient (Wildman–Crippen LogP) is 4.44. The van der Waals surface area contributed by atoms with E-state index in [2.05, 4.69) is 79.0 Å². The highest BCUT2D eigenvalue weighted by atomic mass is 15.0. The van der Waals surface area contributed by atoms with E-state index < -0.39 is 0 Å². The predicted molar refractivity (Wildman–Crippen MR) is 89.6 cm³/mol. The molecule has 0 bridgehead atoms. The summed E-state index contributed by atoms with van der Waals surface area (Å²) in [5, 5.41) is 0. The van der Waals surface area contributed by atoms with Crippen molar-refractivity contribution in [3.05, 3.63) is 65.0 Å². The highest BCUT2D eigenvalue weighted by molar-refractivity contribution is 5.62. The molecule has 3 heteroatoms. The first-order chi connectivity index (χ1) is 10.5. The molecule has 22 heavy (non-hydrogen) atoms. The van der Waals surface area contributed by atoms with Gasteiger partial charge in [0.05, 0.1) is 0 Å². The van der Waals surface area contributed by atoms with Crippen LogP contribution < -0.4 is 0 Å². The Bertz CT molecular complexity index is 771. The van der Waals surface area contributed by atoms with Crippen molar-refractivity contribution >= 4 is 0 Å². The second kappa shape index (κ2) is 5.68. The standard InChI is InChI=1S/C19H19N3/c1-12-5-7-16(9-14(12)3)18-20-11-21-19(22-18)17-8-6-13(2)15(4)10-17/h5-11H,1-4H3. The third-order valence-corrected chi connectivity index (χ3v) is 4.10. The molecule has 0 radical (unpaired) electrons. The van der Waals surface area contributed by atoms with Crippen molar-refractivity contribution in [2.75, 3.05) is 0 Å². The number of benzene rings is 2. The fraction of sp³-hybridized carbons (Fsp3) is 0.211. The van der Waals surface area contributed by atoms with E-state index in [9.17, 15) is 0 Å². The van der Waals surface area contributed by atoms with Gasteiger partial charge in [-0.05, 0) is 62.1 Å². The molecule has 0 spiro atoms. The zero-order chi connectivity index (χ0) is 15.7. The summed E-state index contributed by atoms with van der Waals surface area (Å²) in [5.74, 6) is 1.43. The zero-order valence-corrected chi connectivity index (χ0v) is 13.4. The molecule has 0 aliphatic rings. The van der Waals surface area contributed by atoms with Gasteiger partial charge >= 0.3 is 0 Å². The Labute approximate surface area is 131 Å². The van der Waals surface area contributed by atoms with Crippen LogP contribution in [0.2, 0.25) is 0 Å². The van der Waals surface area contributed by atoms with E-state index >= 15 is 0 Å². The lowest BCUT2D eigenvalue weighted by Gasteiger charge is -2.07. The molecule has 1 aromatic heterocycles. The van der Waals surface area contributed by atoms with Crippen LogP contribution in [0, 0.1) is 27.7 Å². The minimum absolute atomic E-state index is 0.714. The molecule has 3 aromatic rings.